The molecule has 0 radical (unpaired) electrons. The summed E-state index contributed by atoms with van der Waals surface area (Å²) in [5.41, 5.74) is 2.20. The van der Waals surface area contributed by atoms with Gasteiger partial charge in [0.2, 0.25) is 5.91 Å². The van der Waals surface area contributed by atoms with Crippen LogP contribution in [-0.4, -0.2) is 36.0 Å². The second-order valence-corrected chi connectivity index (χ2v) is 8.30. The molecule has 2 N–H and O–H groups in total. The average molecular weight is 343 g/mol. The van der Waals surface area contributed by atoms with Crippen LogP contribution in [0.4, 0.5) is 10.5 Å². The van der Waals surface area contributed by atoms with Gasteiger partial charge < -0.3 is 15.5 Å². The number of rotatable bonds is 3. The van der Waals surface area contributed by atoms with Crippen LogP contribution >= 0.6 is 0 Å². The fourth-order valence-electron chi connectivity index (χ4n) is 3.14. The Balaban J connectivity index is 1.48. The summed E-state index contributed by atoms with van der Waals surface area (Å²) in [4.78, 5) is 26.4. The van der Waals surface area contributed by atoms with Gasteiger partial charge in [-0.1, -0.05) is 32.9 Å². The zero-order valence-corrected chi connectivity index (χ0v) is 15.5. The maximum atomic E-state index is 12.5. The Morgan fingerprint density at radius 3 is 2.12 bits per heavy atom. The topological polar surface area (TPSA) is 61.4 Å². The number of anilines is 1. The molecule has 3 amide bonds. The highest BCUT2D eigenvalue weighted by atomic mass is 16.2. The van der Waals surface area contributed by atoms with Crippen molar-refractivity contribution in [2.75, 3.05) is 18.4 Å². The Bertz CT molecular complexity index is 621. The summed E-state index contributed by atoms with van der Waals surface area (Å²) in [6, 6.07) is 8.48. The van der Waals surface area contributed by atoms with Crippen molar-refractivity contribution in [3.05, 3.63) is 29.8 Å². The molecule has 2 fully saturated rings. The largest absolute Gasteiger partial charge is 0.335 e. The van der Waals surface area contributed by atoms with E-state index < -0.39 is 0 Å². The molecule has 5 nitrogen and oxygen atoms in total. The zero-order chi connectivity index (χ0) is 18.0. The smallest absolute Gasteiger partial charge is 0.317 e. The van der Waals surface area contributed by atoms with E-state index in [0.29, 0.717) is 19.1 Å². The van der Waals surface area contributed by atoms with Crippen LogP contribution in [0.15, 0.2) is 24.3 Å². The van der Waals surface area contributed by atoms with E-state index in [-0.39, 0.29) is 23.3 Å². The Morgan fingerprint density at radius 2 is 1.60 bits per heavy atom. The fraction of sp³-hybridized carbons (Fsp3) is 0.600. The third kappa shape index (κ3) is 4.74. The summed E-state index contributed by atoms with van der Waals surface area (Å²) in [5, 5.41) is 6.03. The maximum Gasteiger partial charge on any atom is 0.317 e. The van der Waals surface area contributed by atoms with Crippen LogP contribution in [0.3, 0.4) is 0 Å². The molecule has 136 valence electrons. The molecule has 1 aliphatic carbocycles. The lowest BCUT2D eigenvalue weighted by atomic mass is 9.87. The number of carbonyl (C=O) groups is 2. The van der Waals surface area contributed by atoms with Gasteiger partial charge in [0.05, 0.1) is 0 Å². The molecule has 2 aliphatic rings. The van der Waals surface area contributed by atoms with Gasteiger partial charge in [-0.25, -0.2) is 4.79 Å². The first-order valence-electron chi connectivity index (χ1n) is 9.30. The first-order chi connectivity index (χ1) is 11.8. The predicted molar refractivity (Wildman–Crippen MR) is 99.6 cm³/mol. The Kier molecular flexibility index (Phi) is 5.02. The fourth-order valence-corrected chi connectivity index (χ4v) is 3.14. The van der Waals surface area contributed by atoms with Crippen LogP contribution in [0.2, 0.25) is 0 Å². The number of nitrogens with zero attached hydrogens (tertiary/aromatic N) is 1. The minimum Gasteiger partial charge on any atom is -0.335 e. The summed E-state index contributed by atoms with van der Waals surface area (Å²) in [6.45, 7) is 7.83. The highest BCUT2D eigenvalue weighted by Gasteiger charge is 2.30. The van der Waals surface area contributed by atoms with Gasteiger partial charge in [0.1, 0.15) is 0 Å². The molecule has 1 heterocycles. The van der Waals surface area contributed by atoms with Crippen molar-refractivity contribution in [3.8, 4) is 0 Å². The minimum absolute atomic E-state index is 0.0210. The van der Waals surface area contributed by atoms with E-state index in [0.717, 1.165) is 31.4 Å². The first kappa shape index (κ1) is 17.8. The number of benzene rings is 1. The number of hydrogen-bond donors (Lipinski definition) is 2. The molecule has 0 atom stereocenters. The normalized spacial score (nSPS) is 18.8. The molecule has 1 saturated carbocycles. The van der Waals surface area contributed by atoms with Crippen molar-refractivity contribution < 1.29 is 9.59 Å². The minimum atomic E-state index is -0.0210. The van der Waals surface area contributed by atoms with E-state index in [2.05, 4.69) is 43.5 Å². The molecule has 5 heteroatoms. The summed E-state index contributed by atoms with van der Waals surface area (Å²) >= 11 is 0. The van der Waals surface area contributed by atoms with E-state index in [1.165, 1.54) is 5.56 Å². The lowest BCUT2D eigenvalue weighted by Crippen LogP contribution is -2.46. The standard InChI is InChI=1S/C20H29N3O2/c1-20(2,3)15-4-6-16(7-5-15)21-18(24)14-10-12-23(13-11-14)19(25)22-17-8-9-17/h4-7,14,17H,8-13H2,1-3H3,(H,21,24)(H,22,25). The van der Waals surface area contributed by atoms with Crippen molar-refractivity contribution in [2.24, 2.45) is 5.92 Å². The van der Waals surface area contributed by atoms with E-state index in [4.69, 9.17) is 0 Å². The highest BCUT2D eigenvalue weighted by Crippen LogP contribution is 2.25. The summed E-state index contributed by atoms with van der Waals surface area (Å²) in [5.74, 6) is 0.0398. The molecule has 1 saturated heterocycles. The Morgan fingerprint density at radius 1 is 1.00 bits per heavy atom. The number of urea groups is 1. The molecule has 0 bridgehead atoms. The van der Waals surface area contributed by atoms with Gasteiger partial charge in [-0.3, -0.25) is 4.79 Å². The van der Waals surface area contributed by atoms with Crippen LogP contribution in [-0.2, 0) is 10.2 Å². The van der Waals surface area contributed by atoms with Crippen molar-refractivity contribution in [1.29, 1.82) is 0 Å². The molecule has 1 aromatic carbocycles. The third-order valence-electron chi connectivity index (χ3n) is 5.08. The predicted octanol–water partition coefficient (Wildman–Crippen LogP) is 3.51. The molecule has 1 aliphatic heterocycles. The molecule has 0 unspecified atom stereocenters. The molecular weight excluding hydrogens is 314 g/mol. The number of likely N-dealkylation sites (tertiary alicyclic amines) is 1. The van der Waals surface area contributed by atoms with Crippen LogP contribution < -0.4 is 10.6 Å². The van der Waals surface area contributed by atoms with Gasteiger partial charge >= 0.3 is 6.03 Å². The Labute approximate surface area is 150 Å². The van der Waals surface area contributed by atoms with Crippen molar-refractivity contribution in [3.63, 3.8) is 0 Å². The van der Waals surface area contributed by atoms with Gasteiger partial charge in [-0.2, -0.15) is 0 Å². The van der Waals surface area contributed by atoms with Crippen LogP contribution in [0, 0.1) is 5.92 Å². The van der Waals surface area contributed by atoms with E-state index in [9.17, 15) is 9.59 Å². The van der Waals surface area contributed by atoms with Crippen LogP contribution in [0.5, 0.6) is 0 Å². The number of nitrogens with one attached hydrogen (secondary N) is 2. The lowest BCUT2D eigenvalue weighted by molar-refractivity contribution is -0.121. The number of carbonyl (C=O) groups excluding carboxylic acids is 2. The van der Waals surface area contributed by atoms with Crippen LogP contribution in [0.1, 0.15) is 52.0 Å². The SMILES string of the molecule is CC(C)(C)c1ccc(NC(=O)C2CCN(C(=O)NC3CC3)CC2)cc1. The third-order valence-corrected chi connectivity index (χ3v) is 5.08. The molecule has 3 rings (SSSR count). The summed E-state index contributed by atoms with van der Waals surface area (Å²) in [7, 11) is 0. The van der Waals surface area contributed by atoms with Gasteiger partial charge in [0, 0.05) is 30.7 Å². The average Bonchev–Trinajstić information content (AvgIpc) is 3.38. The van der Waals surface area contributed by atoms with E-state index >= 15 is 0 Å². The quantitative estimate of drug-likeness (QED) is 0.882. The molecule has 0 aromatic heterocycles. The number of piperidine rings is 1. The number of amides is 3. The van der Waals surface area contributed by atoms with Crippen molar-refractivity contribution >= 4 is 17.6 Å². The zero-order valence-electron chi connectivity index (χ0n) is 15.5. The van der Waals surface area contributed by atoms with Crippen LogP contribution in [0.25, 0.3) is 0 Å². The summed E-state index contributed by atoms with van der Waals surface area (Å²) < 4.78 is 0. The molecule has 0 spiro atoms. The van der Waals surface area contributed by atoms with Gasteiger partial charge in [0.15, 0.2) is 0 Å². The van der Waals surface area contributed by atoms with Crippen molar-refractivity contribution in [2.45, 2.75) is 57.9 Å². The second kappa shape index (κ2) is 7.06. The molecule has 25 heavy (non-hydrogen) atoms. The van der Waals surface area contributed by atoms with Gasteiger partial charge in [-0.15, -0.1) is 0 Å². The van der Waals surface area contributed by atoms with Gasteiger partial charge in [0.25, 0.3) is 0 Å². The second-order valence-electron chi connectivity index (χ2n) is 8.30. The van der Waals surface area contributed by atoms with Crippen molar-refractivity contribution in [1.82, 2.24) is 10.2 Å². The van der Waals surface area contributed by atoms with E-state index in [1.807, 2.05) is 17.0 Å². The molecular formula is C20H29N3O2. The summed E-state index contributed by atoms with van der Waals surface area (Å²) in [6.07, 6.45) is 3.64. The van der Waals surface area contributed by atoms with E-state index in [1.54, 1.807) is 0 Å². The van der Waals surface area contributed by atoms with Gasteiger partial charge in [-0.05, 0) is 48.8 Å². The Hall–Kier alpha value is -2.04. The number of hydrogen-bond acceptors (Lipinski definition) is 2. The lowest BCUT2D eigenvalue weighted by Gasteiger charge is -2.31. The maximum absolute atomic E-state index is 12.5. The first-order valence-corrected chi connectivity index (χ1v) is 9.30. The molecule has 1 aromatic rings. The highest BCUT2D eigenvalue weighted by molar-refractivity contribution is 5.92. The monoisotopic (exact) mass is 343 g/mol.